The van der Waals surface area contributed by atoms with E-state index < -0.39 is 11.9 Å². The molecule has 7 heavy (non-hydrogen) atoms. The first-order valence-electron chi connectivity index (χ1n) is 1.75. The average Bonchev–Trinajstić information content (AvgIpc) is 1.87. The van der Waals surface area contributed by atoms with Gasteiger partial charge < -0.3 is 0 Å². The Bertz CT molecular complexity index is 106. The van der Waals surface area contributed by atoms with E-state index in [2.05, 4.69) is 10.6 Å². The van der Waals surface area contributed by atoms with Crippen LogP contribution in [0.1, 0.15) is 0 Å². The highest BCUT2D eigenvalue weighted by atomic mass is 16.2. The minimum absolute atomic E-state index is 0.0567. The number of hydrogen-bond acceptors (Lipinski definition) is 2. The molecule has 0 aliphatic carbocycles. The fourth-order valence-corrected chi connectivity index (χ4v) is 0.313. The second-order valence-electron chi connectivity index (χ2n) is 1.10. The summed E-state index contributed by atoms with van der Waals surface area (Å²) < 4.78 is 0. The van der Waals surface area contributed by atoms with Crippen LogP contribution in [-0.4, -0.2) is 18.5 Å². The molecule has 0 aromatic heterocycles. The summed E-state index contributed by atoms with van der Waals surface area (Å²) in [6.45, 7) is -0.0567. The predicted molar refractivity (Wildman–Crippen MR) is 19.5 cm³/mol. The van der Waals surface area contributed by atoms with Gasteiger partial charge in [-0.3, -0.25) is 4.79 Å². The molecule has 1 heterocycles. The molecule has 4 heteroatoms. The third kappa shape index (κ3) is 0.677. The van der Waals surface area contributed by atoms with Crippen LogP contribution in [-0.2, 0) is 4.79 Å². The van der Waals surface area contributed by atoms with Gasteiger partial charge in [-0.25, -0.2) is 10.1 Å². The molecule has 0 bridgehead atoms. The molecule has 1 fully saturated rings. The molecule has 0 spiro atoms. The maximum atomic E-state index is 9.97. The van der Waals surface area contributed by atoms with Crippen LogP contribution in [0.25, 0.3) is 0 Å². The Balaban J connectivity index is 2.55. The molecule has 3 amide bonds. The van der Waals surface area contributed by atoms with E-state index in [4.69, 9.17) is 0 Å². The minimum atomic E-state index is -0.648. The number of hydrogen-bond donors (Lipinski definition) is 0. The van der Waals surface area contributed by atoms with Crippen molar-refractivity contribution in [3.05, 3.63) is 0 Å². The normalized spacial score (nSPS) is 18.9. The lowest BCUT2D eigenvalue weighted by Gasteiger charge is -1.71. The molecule has 1 aliphatic rings. The van der Waals surface area contributed by atoms with Crippen LogP contribution in [0.5, 0.6) is 0 Å². The van der Waals surface area contributed by atoms with Gasteiger partial charge in [-0.2, -0.15) is 5.32 Å². The summed E-state index contributed by atoms with van der Waals surface area (Å²) >= 11 is 0. The molecule has 1 rings (SSSR count). The zero-order valence-electron chi connectivity index (χ0n) is 3.42. The van der Waals surface area contributed by atoms with Crippen molar-refractivity contribution in [3.63, 3.8) is 0 Å². The first-order valence-corrected chi connectivity index (χ1v) is 1.75. The van der Waals surface area contributed by atoms with Gasteiger partial charge >= 0.3 is 6.03 Å². The lowest BCUT2D eigenvalue weighted by molar-refractivity contribution is -0.117. The third-order valence-corrected chi connectivity index (χ3v) is 0.570. The SMILES string of the molecule is O=C1C[N]C(=O)[N]1. The minimum Gasteiger partial charge on any atom is -0.270 e. The van der Waals surface area contributed by atoms with Gasteiger partial charge in [0.1, 0.15) is 6.54 Å². The summed E-state index contributed by atoms with van der Waals surface area (Å²) in [5, 5.41) is 6.11. The van der Waals surface area contributed by atoms with E-state index in [9.17, 15) is 9.59 Å². The average molecular weight is 98.1 g/mol. The van der Waals surface area contributed by atoms with Crippen LogP contribution in [0, 0.1) is 0 Å². The van der Waals surface area contributed by atoms with Crippen molar-refractivity contribution in [2.75, 3.05) is 6.54 Å². The Hall–Kier alpha value is -1.06. The lowest BCUT2D eigenvalue weighted by atomic mass is 10.7. The number of nitrogens with zero attached hydrogens (tertiary/aromatic N) is 2. The number of carbonyl (C=O) groups is 2. The fraction of sp³-hybridized carbons (Fsp3) is 0.333. The van der Waals surface area contributed by atoms with Gasteiger partial charge in [-0.15, -0.1) is 0 Å². The first kappa shape index (κ1) is 4.11. The molecule has 0 N–H and O–H groups in total. The van der Waals surface area contributed by atoms with E-state index in [1.807, 2.05) is 0 Å². The van der Waals surface area contributed by atoms with Crippen molar-refractivity contribution in [2.45, 2.75) is 0 Å². The monoisotopic (exact) mass is 98.0 g/mol. The molecular weight excluding hydrogens is 96.0 g/mol. The zero-order chi connectivity index (χ0) is 5.28. The molecule has 0 aromatic rings. The highest BCUT2D eigenvalue weighted by Crippen LogP contribution is 1.80. The summed E-state index contributed by atoms with van der Waals surface area (Å²) in [6, 6.07) is -0.648. The van der Waals surface area contributed by atoms with Gasteiger partial charge in [-0.05, 0) is 0 Å². The smallest absolute Gasteiger partial charge is 0.270 e. The van der Waals surface area contributed by atoms with Crippen molar-refractivity contribution >= 4 is 11.9 Å². The first-order chi connectivity index (χ1) is 3.29. The Morgan fingerprint density at radius 1 is 1.43 bits per heavy atom. The number of urea groups is 1. The van der Waals surface area contributed by atoms with E-state index in [1.54, 1.807) is 0 Å². The second-order valence-corrected chi connectivity index (χ2v) is 1.10. The number of rotatable bonds is 0. The van der Waals surface area contributed by atoms with Gasteiger partial charge in [0.05, 0.1) is 0 Å². The quantitative estimate of drug-likeness (QED) is 0.359. The summed E-state index contributed by atoms with van der Waals surface area (Å²) in [4.78, 5) is 19.9. The Morgan fingerprint density at radius 3 is 2.29 bits per heavy atom. The third-order valence-electron chi connectivity index (χ3n) is 0.570. The summed E-state index contributed by atoms with van der Waals surface area (Å²) in [7, 11) is 0. The van der Waals surface area contributed by atoms with Crippen LogP contribution in [0.3, 0.4) is 0 Å². The largest absolute Gasteiger partial charge is 0.366 e. The van der Waals surface area contributed by atoms with Gasteiger partial charge in [0.25, 0.3) is 5.91 Å². The van der Waals surface area contributed by atoms with E-state index in [0.717, 1.165) is 0 Å². The number of imide groups is 1. The Kier molecular flexibility index (Phi) is 0.714. The van der Waals surface area contributed by atoms with Crippen molar-refractivity contribution in [1.82, 2.24) is 10.6 Å². The molecule has 4 nitrogen and oxygen atoms in total. The van der Waals surface area contributed by atoms with Gasteiger partial charge in [0.2, 0.25) is 0 Å². The summed E-state index contributed by atoms with van der Waals surface area (Å²) in [5.41, 5.74) is 0. The van der Waals surface area contributed by atoms with E-state index in [1.165, 1.54) is 0 Å². The molecule has 1 saturated heterocycles. The van der Waals surface area contributed by atoms with Crippen molar-refractivity contribution in [1.29, 1.82) is 0 Å². The standard InChI is InChI=1S/C3H2N2O2/c6-2-1-4-3(7)5-2/h1H2. The Morgan fingerprint density at radius 2 is 2.14 bits per heavy atom. The number of carbonyl (C=O) groups excluding carboxylic acids is 2. The molecule has 0 atom stereocenters. The zero-order valence-corrected chi connectivity index (χ0v) is 3.42. The molecule has 2 radical (unpaired) electrons. The van der Waals surface area contributed by atoms with Crippen LogP contribution in [0.4, 0.5) is 4.79 Å². The van der Waals surface area contributed by atoms with Crippen LogP contribution < -0.4 is 10.6 Å². The molecule has 36 valence electrons. The predicted octanol–water partition coefficient (Wildman–Crippen LogP) is -1.14. The second kappa shape index (κ2) is 1.22. The summed E-state index contributed by atoms with van der Waals surface area (Å²) in [6.07, 6.45) is 0. The maximum Gasteiger partial charge on any atom is 0.366 e. The van der Waals surface area contributed by atoms with Crippen molar-refractivity contribution < 1.29 is 9.59 Å². The van der Waals surface area contributed by atoms with Crippen LogP contribution in [0.2, 0.25) is 0 Å². The Labute approximate surface area is 39.9 Å². The van der Waals surface area contributed by atoms with E-state index >= 15 is 0 Å². The molecule has 1 aliphatic heterocycles. The lowest BCUT2D eigenvalue weighted by Crippen LogP contribution is -2.10. The van der Waals surface area contributed by atoms with Gasteiger partial charge in [0, 0.05) is 0 Å². The highest BCUT2D eigenvalue weighted by molar-refractivity contribution is 6.01. The highest BCUT2D eigenvalue weighted by Gasteiger charge is 2.19. The summed E-state index contributed by atoms with van der Waals surface area (Å²) in [5.74, 6) is -0.440. The molecule has 0 saturated carbocycles. The van der Waals surface area contributed by atoms with Gasteiger partial charge in [-0.1, -0.05) is 0 Å². The maximum absolute atomic E-state index is 9.97. The fourth-order valence-electron chi connectivity index (χ4n) is 0.313. The van der Waals surface area contributed by atoms with Crippen LogP contribution >= 0.6 is 0 Å². The number of amides is 3. The topological polar surface area (TPSA) is 62.3 Å². The van der Waals surface area contributed by atoms with Crippen molar-refractivity contribution in [3.8, 4) is 0 Å². The molecular formula is C3H2N2O2. The van der Waals surface area contributed by atoms with E-state index in [0.29, 0.717) is 0 Å². The van der Waals surface area contributed by atoms with Gasteiger partial charge in [0.15, 0.2) is 0 Å². The van der Waals surface area contributed by atoms with E-state index in [-0.39, 0.29) is 6.54 Å². The molecule has 0 aromatic carbocycles. The van der Waals surface area contributed by atoms with Crippen LogP contribution in [0.15, 0.2) is 0 Å². The van der Waals surface area contributed by atoms with Crippen molar-refractivity contribution in [2.24, 2.45) is 0 Å². The molecule has 0 unspecified atom stereocenters.